The zero-order chi connectivity index (χ0) is 13.0. The number of hydrogen-bond donors (Lipinski definition) is 2. The Hall–Kier alpha value is -1.58. The number of fused-ring (bicyclic) bond motifs is 1. The van der Waals surface area contributed by atoms with Crippen molar-refractivity contribution in [2.75, 3.05) is 20.3 Å². The van der Waals surface area contributed by atoms with Crippen molar-refractivity contribution in [3.8, 4) is 5.75 Å². The molecule has 0 bridgehead atoms. The minimum absolute atomic E-state index is 0.00139. The molecule has 1 atom stereocenters. The van der Waals surface area contributed by atoms with Gasteiger partial charge in [-0.15, -0.1) is 0 Å². The molecule has 0 aliphatic carbocycles. The van der Waals surface area contributed by atoms with Crippen molar-refractivity contribution in [3.05, 3.63) is 42.0 Å². The van der Waals surface area contributed by atoms with E-state index >= 15 is 0 Å². The summed E-state index contributed by atoms with van der Waals surface area (Å²) in [6.07, 6.45) is 0. The maximum Gasteiger partial charge on any atom is 0.119 e. The average Bonchev–Trinajstić information content (AvgIpc) is 2.43. The van der Waals surface area contributed by atoms with Crippen LogP contribution in [-0.4, -0.2) is 25.4 Å². The maximum absolute atomic E-state index is 9.38. The molecule has 96 valence electrons. The van der Waals surface area contributed by atoms with Crippen molar-refractivity contribution in [2.24, 2.45) is 0 Å². The lowest BCUT2D eigenvalue weighted by Gasteiger charge is -2.16. The van der Waals surface area contributed by atoms with E-state index in [2.05, 4.69) is 17.4 Å². The Morgan fingerprint density at radius 3 is 2.56 bits per heavy atom. The van der Waals surface area contributed by atoms with Gasteiger partial charge in [-0.1, -0.05) is 25.1 Å². The number of rotatable bonds is 5. The molecule has 0 saturated heterocycles. The Morgan fingerprint density at radius 1 is 1.17 bits per heavy atom. The predicted molar refractivity (Wildman–Crippen MR) is 74.0 cm³/mol. The maximum atomic E-state index is 9.38. The van der Waals surface area contributed by atoms with Crippen LogP contribution in [0.25, 0.3) is 10.8 Å². The van der Waals surface area contributed by atoms with Gasteiger partial charge < -0.3 is 15.2 Å². The molecule has 0 saturated carbocycles. The van der Waals surface area contributed by atoms with Gasteiger partial charge >= 0.3 is 0 Å². The number of methoxy groups -OCH3 is 1. The second kappa shape index (κ2) is 5.85. The molecule has 0 amide bonds. The van der Waals surface area contributed by atoms with E-state index in [1.54, 1.807) is 7.11 Å². The highest BCUT2D eigenvalue weighted by atomic mass is 16.5. The molecule has 0 spiro atoms. The van der Waals surface area contributed by atoms with E-state index in [0.717, 1.165) is 28.6 Å². The first-order chi connectivity index (χ1) is 8.78. The van der Waals surface area contributed by atoms with Gasteiger partial charge in [-0.3, -0.25) is 0 Å². The van der Waals surface area contributed by atoms with Gasteiger partial charge in [-0.25, -0.2) is 0 Å². The third kappa shape index (κ3) is 2.63. The quantitative estimate of drug-likeness (QED) is 0.850. The molecule has 0 radical (unpaired) electrons. The first kappa shape index (κ1) is 12.9. The van der Waals surface area contributed by atoms with Gasteiger partial charge in [-0.05, 0) is 41.1 Å². The van der Waals surface area contributed by atoms with Crippen LogP contribution in [0.3, 0.4) is 0 Å². The fraction of sp³-hybridized carbons (Fsp3) is 0.333. The normalized spacial score (nSPS) is 12.6. The fourth-order valence-electron chi connectivity index (χ4n) is 2.12. The average molecular weight is 245 g/mol. The second-order valence-corrected chi connectivity index (χ2v) is 4.27. The van der Waals surface area contributed by atoms with Crippen LogP contribution < -0.4 is 10.1 Å². The molecule has 2 rings (SSSR count). The summed E-state index contributed by atoms with van der Waals surface area (Å²) >= 11 is 0. The Labute approximate surface area is 107 Å². The summed E-state index contributed by atoms with van der Waals surface area (Å²) in [5, 5.41) is 14.9. The van der Waals surface area contributed by atoms with Gasteiger partial charge in [-0.2, -0.15) is 0 Å². The molecule has 0 aliphatic heterocycles. The molecule has 2 aromatic rings. The predicted octanol–water partition coefficient (Wildman–Crippen LogP) is 2.49. The number of benzene rings is 2. The minimum atomic E-state index is 0.00139. The zero-order valence-electron chi connectivity index (χ0n) is 10.8. The molecule has 18 heavy (non-hydrogen) atoms. The molecule has 0 aliphatic rings. The SMILES string of the molecule is CCNC(CO)c1ccc2cc(OC)ccc2c1. The number of likely N-dealkylation sites (N-methyl/N-ethyl adjacent to an activating group) is 1. The minimum Gasteiger partial charge on any atom is -0.497 e. The highest BCUT2D eigenvalue weighted by Crippen LogP contribution is 2.24. The molecule has 0 aromatic heterocycles. The molecular formula is C15H19NO2. The second-order valence-electron chi connectivity index (χ2n) is 4.27. The van der Waals surface area contributed by atoms with Crippen molar-refractivity contribution < 1.29 is 9.84 Å². The van der Waals surface area contributed by atoms with Gasteiger partial charge in [0.05, 0.1) is 19.8 Å². The molecule has 3 heteroatoms. The molecule has 1 unspecified atom stereocenters. The lowest BCUT2D eigenvalue weighted by Crippen LogP contribution is -2.23. The van der Waals surface area contributed by atoms with E-state index in [-0.39, 0.29) is 12.6 Å². The Bertz CT molecular complexity index is 525. The summed E-state index contributed by atoms with van der Waals surface area (Å²) in [7, 11) is 1.67. The highest BCUT2D eigenvalue weighted by molar-refractivity contribution is 5.84. The monoisotopic (exact) mass is 245 g/mol. The molecule has 0 heterocycles. The summed E-state index contributed by atoms with van der Waals surface area (Å²) in [6, 6.07) is 12.2. The van der Waals surface area contributed by atoms with E-state index in [1.165, 1.54) is 0 Å². The van der Waals surface area contributed by atoms with Crippen molar-refractivity contribution >= 4 is 10.8 Å². The summed E-state index contributed by atoms with van der Waals surface area (Å²) in [4.78, 5) is 0. The lowest BCUT2D eigenvalue weighted by molar-refractivity contribution is 0.246. The number of nitrogens with one attached hydrogen (secondary N) is 1. The van der Waals surface area contributed by atoms with Gasteiger partial charge in [0.25, 0.3) is 0 Å². The van der Waals surface area contributed by atoms with Crippen LogP contribution in [-0.2, 0) is 0 Å². The van der Waals surface area contributed by atoms with E-state index in [9.17, 15) is 5.11 Å². The van der Waals surface area contributed by atoms with Crippen molar-refractivity contribution in [2.45, 2.75) is 13.0 Å². The van der Waals surface area contributed by atoms with Crippen LogP contribution in [0.15, 0.2) is 36.4 Å². The van der Waals surface area contributed by atoms with Crippen LogP contribution >= 0.6 is 0 Å². The number of ether oxygens (including phenoxy) is 1. The molecule has 2 N–H and O–H groups in total. The van der Waals surface area contributed by atoms with Crippen LogP contribution in [0.4, 0.5) is 0 Å². The summed E-state index contributed by atoms with van der Waals surface area (Å²) in [5.74, 6) is 0.862. The largest absolute Gasteiger partial charge is 0.497 e. The van der Waals surface area contributed by atoms with E-state index < -0.39 is 0 Å². The van der Waals surface area contributed by atoms with E-state index in [0.29, 0.717) is 0 Å². The Kier molecular flexibility index (Phi) is 4.18. The van der Waals surface area contributed by atoms with Gasteiger partial charge in [0.2, 0.25) is 0 Å². The van der Waals surface area contributed by atoms with Crippen LogP contribution in [0, 0.1) is 0 Å². The molecule has 3 nitrogen and oxygen atoms in total. The molecule has 2 aromatic carbocycles. The van der Waals surface area contributed by atoms with Crippen LogP contribution in [0.1, 0.15) is 18.5 Å². The summed E-state index contributed by atoms with van der Waals surface area (Å²) in [5.41, 5.74) is 1.11. The summed E-state index contributed by atoms with van der Waals surface area (Å²) in [6.45, 7) is 2.98. The lowest BCUT2D eigenvalue weighted by atomic mass is 10.0. The topological polar surface area (TPSA) is 41.5 Å². The highest BCUT2D eigenvalue weighted by Gasteiger charge is 2.09. The molecule has 0 fully saturated rings. The zero-order valence-corrected chi connectivity index (χ0v) is 10.8. The van der Waals surface area contributed by atoms with Crippen LogP contribution in [0.2, 0.25) is 0 Å². The van der Waals surface area contributed by atoms with Crippen molar-refractivity contribution in [1.29, 1.82) is 0 Å². The van der Waals surface area contributed by atoms with Crippen molar-refractivity contribution in [1.82, 2.24) is 5.32 Å². The van der Waals surface area contributed by atoms with Gasteiger partial charge in [0.15, 0.2) is 0 Å². The Morgan fingerprint density at radius 2 is 1.89 bits per heavy atom. The Balaban J connectivity index is 2.37. The number of aliphatic hydroxyl groups is 1. The van der Waals surface area contributed by atoms with E-state index in [4.69, 9.17) is 4.74 Å². The number of aliphatic hydroxyl groups excluding tert-OH is 1. The summed E-state index contributed by atoms with van der Waals surface area (Å²) < 4.78 is 5.21. The smallest absolute Gasteiger partial charge is 0.119 e. The van der Waals surface area contributed by atoms with E-state index in [1.807, 2.05) is 31.2 Å². The third-order valence-electron chi connectivity index (χ3n) is 3.11. The first-order valence-corrected chi connectivity index (χ1v) is 6.20. The van der Waals surface area contributed by atoms with Crippen molar-refractivity contribution in [3.63, 3.8) is 0 Å². The number of hydrogen-bond acceptors (Lipinski definition) is 3. The standard InChI is InChI=1S/C15H19NO2/c1-3-16-15(10-17)13-5-4-12-9-14(18-2)7-6-11(12)8-13/h4-9,15-17H,3,10H2,1-2H3. The first-order valence-electron chi connectivity index (χ1n) is 6.20. The van der Waals surface area contributed by atoms with Gasteiger partial charge in [0, 0.05) is 0 Å². The fourth-order valence-corrected chi connectivity index (χ4v) is 2.12. The third-order valence-corrected chi connectivity index (χ3v) is 3.11. The van der Waals surface area contributed by atoms with Gasteiger partial charge in [0.1, 0.15) is 5.75 Å². The molecular weight excluding hydrogens is 226 g/mol. The van der Waals surface area contributed by atoms with Crippen LogP contribution in [0.5, 0.6) is 5.75 Å².